The summed E-state index contributed by atoms with van der Waals surface area (Å²) in [6, 6.07) is 10.8. The summed E-state index contributed by atoms with van der Waals surface area (Å²) in [5.74, 6) is -0.484. The highest BCUT2D eigenvalue weighted by Crippen LogP contribution is 2.21. The van der Waals surface area contributed by atoms with E-state index in [1.165, 1.54) is 15.9 Å². The van der Waals surface area contributed by atoms with E-state index in [0.29, 0.717) is 12.8 Å². The van der Waals surface area contributed by atoms with Crippen molar-refractivity contribution in [3.8, 4) is 0 Å². The minimum atomic E-state index is -4.02. The van der Waals surface area contributed by atoms with Gasteiger partial charge in [-0.15, -0.1) is 0 Å². The number of fused-ring (bicyclic) bond motifs is 1. The van der Waals surface area contributed by atoms with Crippen molar-refractivity contribution in [2.45, 2.75) is 43.2 Å². The molecule has 11 nitrogen and oxygen atoms in total. The second-order valence-corrected chi connectivity index (χ2v) is 10.2. The smallest absolute Gasteiger partial charge is 0.407 e. The Labute approximate surface area is 204 Å². The molecule has 2 aromatic carbocycles. The fraction of sp³-hybridized carbons (Fsp3) is 0.435. The summed E-state index contributed by atoms with van der Waals surface area (Å²) in [6.07, 6.45) is 0.0579. The first-order valence-electron chi connectivity index (χ1n) is 11.5. The van der Waals surface area contributed by atoms with Gasteiger partial charge < -0.3 is 26.4 Å². The molecule has 2 atom stereocenters. The standard InChI is InChI=1S/C23H32N6O5S/c1-2-18-15-28(12-13-29(18)23(31)32)21(30)20(8-5-11-26-22(24)25)27-35(33,34)19-10-9-16-6-3-4-7-17(16)14-19/h3-4,6-7,9-10,14,18,20,27H,2,5,8,11-13,15H2,1H3,(H,31,32)(H4,24,25,26)/t18-,20?/m0/s1. The van der Waals surface area contributed by atoms with E-state index < -0.39 is 28.1 Å². The van der Waals surface area contributed by atoms with Gasteiger partial charge in [0, 0.05) is 26.2 Å². The third-order valence-corrected chi connectivity index (χ3v) is 7.55. The van der Waals surface area contributed by atoms with Gasteiger partial charge in [0.2, 0.25) is 15.9 Å². The Balaban J connectivity index is 1.82. The molecule has 1 fully saturated rings. The van der Waals surface area contributed by atoms with Gasteiger partial charge >= 0.3 is 6.09 Å². The van der Waals surface area contributed by atoms with Crippen LogP contribution in [0.1, 0.15) is 26.2 Å². The first-order chi connectivity index (χ1) is 16.6. The number of piperazine rings is 1. The average Bonchev–Trinajstić information content (AvgIpc) is 2.84. The Bertz CT molecular complexity index is 1200. The Hall–Kier alpha value is -3.38. The van der Waals surface area contributed by atoms with E-state index in [-0.39, 0.29) is 49.5 Å². The van der Waals surface area contributed by atoms with Gasteiger partial charge in [-0.05, 0) is 42.2 Å². The molecule has 190 valence electrons. The molecule has 2 aromatic rings. The predicted molar refractivity (Wildman–Crippen MR) is 133 cm³/mol. The highest BCUT2D eigenvalue weighted by molar-refractivity contribution is 7.89. The van der Waals surface area contributed by atoms with E-state index in [9.17, 15) is 23.1 Å². The highest BCUT2D eigenvalue weighted by atomic mass is 32.2. The van der Waals surface area contributed by atoms with Gasteiger partial charge in [0.05, 0.1) is 10.9 Å². The summed E-state index contributed by atoms with van der Waals surface area (Å²) in [5.41, 5.74) is 10.7. The number of sulfonamides is 1. The van der Waals surface area contributed by atoms with Crippen molar-refractivity contribution < 1.29 is 23.1 Å². The van der Waals surface area contributed by atoms with Gasteiger partial charge in [0.25, 0.3) is 0 Å². The first kappa shape index (κ1) is 26.2. The molecule has 0 saturated carbocycles. The van der Waals surface area contributed by atoms with Gasteiger partial charge in [-0.25, -0.2) is 13.2 Å². The largest absolute Gasteiger partial charge is 0.465 e. The van der Waals surface area contributed by atoms with Crippen LogP contribution in [0.3, 0.4) is 0 Å². The van der Waals surface area contributed by atoms with Crippen molar-refractivity contribution in [3.63, 3.8) is 0 Å². The Morgan fingerprint density at radius 1 is 1.17 bits per heavy atom. The number of hydrogen-bond acceptors (Lipinski definition) is 5. The molecule has 0 bridgehead atoms. The number of guanidine groups is 1. The number of nitrogens with one attached hydrogen (secondary N) is 1. The maximum atomic E-state index is 13.4. The number of amides is 2. The van der Waals surface area contributed by atoms with Crippen LogP contribution in [0.25, 0.3) is 10.8 Å². The van der Waals surface area contributed by atoms with Crippen LogP contribution in [0.4, 0.5) is 4.79 Å². The van der Waals surface area contributed by atoms with Crippen molar-refractivity contribution >= 4 is 38.8 Å². The second-order valence-electron chi connectivity index (χ2n) is 8.45. The third kappa shape index (κ3) is 6.61. The molecule has 1 saturated heterocycles. The topological polar surface area (TPSA) is 171 Å². The molecule has 6 N–H and O–H groups in total. The van der Waals surface area contributed by atoms with Crippen molar-refractivity contribution in [3.05, 3.63) is 42.5 Å². The quantitative estimate of drug-likeness (QED) is 0.225. The number of carbonyl (C=O) groups excluding carboxylic acids is 1. The molecule has 0 radical (unpaired) electrons. The number of nitrogens with zero attached hydrogens (tertiary/aromatic N) is 3. The van der Waals surface area contributed by atoms with E-state index in [1.807, 2.05) is 31.2 Å². The normalized spacial score (nSPS) is 17.2. The third-order valence-electron chi connectivity index (χ3n) is 6.08. The van der Waals surface area contributed by atoms with Gasteiger partial charge in [-0.3, -0.25) is 9.79 Å². The van der Waals surface area contributed by atoms with Crippen LogP contribution in [-0.2, 0) is 14.8 Å². The minimum Gasteiger partial charge on any atom is -0.465 e. The molecule has 1 aliphatic rings. The molecular weight excluding hydrogens is 472 g/mol. The molecule has 12 heteroatoms. The molecule has 35 heavy (non-hydrogen) atoms. The minimum absolute atomic E-state index is 0.0559. The molecular formula is C23H32N6O5S. The van der Waals surface area contributed by atoms with Crippen molar-refractivity contribution in [2.75, 3.05) is 26.2 Å². The molecule has 1 heterocycles. The van der Waals surface area contributed by atoms with E-state index in [2.05, 4.69) is 9.71 Å². The highest BCUT2D eigenvalue weighted by Gasteiger charge is 2.35. The van der Waals surface area contributed by atoms with Crippen LogP contribution >= 0.6 is 0 Å². The molecule has 0 aliphatic carbocycles. The maximum Gasteiger partial charge on any atom is 0.407 e. The summed E-state index contributed by atoms with van der Waals surface area (Å²) in [4.78, 5) is 31.7. The number of hydrogen-bond donors (Lipinski definition) is 4. The summed E-state index contributed by atoms with van der Waals surface area (Å²) >= 11 is 0. The first-order valence-corrected chi connectivity index (χ1v) is 13.0. The number of rotatable bonds is 9. The lowest BCUT2D eigenvalue weighted by molar-refractivity contribution is -0.136. The summed E-state index contributed by atoms with van der Waals surface area (Å²) < 4.78 is 29.0. The molecule has 1 unspecified atom stereocenters. The fourth-order valence-corrected chi connectivity index (χ4v) is 5.46. The van der Waals surface area contributed by atoms with Gasteiger partial charge in [0.15, 0.2) is 5.96 Å². The van der Waals surface area contributed by atoms with Crippen LogP contribution in [0, 0.1) is 0 Å². The summed E-state index contributed by atoms with van der Waals surface area (Å²) in [6.45, 7) is 2.64. The van der Waals surface area contributed by atoms with Gasteiger partial charge in [-0.2, -0.15) is 4.72 Å². The van der Waals surface area contributed by atoms with Gasteiger partial charge in [-0.1, -0.05) is 37.3 Å². The number of carboxylic acid groups (broad SMARTS) is 1. The predicted octanol–water partition coefficient (Wildman–Crippen LogP) is 1.14. The van der Waals surface area contributed by atoms with E-state index in [0.717, 1.165) is 10.8 Å². The zero-order chi connectivity index (χ0) is 25.6. The average molecular weight is 505 g/mol. The van der Waals surface area contributed by atoms with Crippen molar-refractivity contribution in [1.29, 1.82) is 0 Å². The van der Waals surface area contributed by atoms with Crippen molar-refractivity contribution in [1.82, 2.24) is 14.5 Å². The Kier molecular flexibility index (Phi) is 8.52. The SMILES string of the molecule is CC[C@H]1CN(C(=O)C(CCCN=C(N)N)NS(=O)(=O)c2ccc3ccccc3c2)CCN1C(=O)O. The van der Waals surface area contributed by atoms with Crippen LogP contribution < -0.4 is 16.2 Å². The fourth-order valence-electron chi connectivity index (χ4n) is 4.20. The number of benzene rings is 2. The molecule has 1 aliphatic heterocycles. The van der Waals surface area contributed by atoms with E-state index in [4.69, 9.17) is 11.5 Å². The zero-order valence-corrected chi connectivity index (χ0v) is 20.4. The molecule has 0 spiro atoms. The zero-order valence-electron chi connectivity index (χ0n) is 19.6. The lowest BCUT2D eigenvalue weighted by atomic mass is 10.1. The van der Waals surface area contributed by atoms with Gasteiger partial charge in [0.1, 0.15) is 6.04 Å². The lowest BCUT2D eigenvalue weighted by Gasteiger charge is -2.40. The second kappa shape index (κ2) is 11.4. The van der Waals surface area contributed by atoms with Crippen LogP contribution in [0.15, 0.2) is 52.4 Å². The van der Waals surface area contributed by atoms with Crippen LogP contribution in [0.5, 0.6) is 0 Å². The van der Waals surface area contributed by atoms with E-state index in [1.54, 1.807) is 12.1 Å². The Morgan fingerprint density at radius 2 is 1.89 bits per heavy atom. The maximum absolute atomic E-state index is 13.4. The molecule has 3 rings (SSSR count). The summed E-state index contributed by atoms with van der Waals surface area (Å²) in [5, 5.41) is 11.1. The van der Waals surface area contributed by atoms with Crippen LogP contribution in [-0.4, -0.2) is 79.5 Å². The number of carbonyl (C=O) groups is 2. The molecule has 0 aromatic heterocycles. The van der Waals surface area contributed by atoms with E-state index >= 15 is 0 Å². The van der Waals surface area contributed by atoms with Crippen molar-refractivity contribution in [2.24, 2.45) is 16.5 Å². The summed E-state index contributed by atoms with van der Waals surface area (Å²) in [7, 11) is -4.02. The number of nitrogens with two attached hydrogens (primary N) is 2. The Morgan fingerprint density at radius 3 is 2.54 bits per heavy atom. The molecule has 2 amide bonds. The lowest BCUT2D eigenvalue weighted by Crippen LogP contribution is -2.59. The monoisotopic (exact) mass is 504 g/mol. The number of aliphatic imine (C=N–C) groups is 1. The van der Waals surface area contributed by atoms with Crippen LogP contribution in [0.2, 0.25) is 0 Å².